The Morgan fingerprint density at radius 3 is 2.77 bits per heavy atom. The molecule has 0 saturated carbocycles. The summed E-state index contributed by atoms with van der Waals surface area (Å²) in [5.41, 5.74) is 2.13. The molecule has 5 rings (SSSR count). The molecule has 8 heteroatoms. The first kappa shape index (κ1) is 19.1. The van der Waals surface area contributed by atoms with Crippen LogP contribution in [0.1, 0.15) is 24.5 Å². The van der Waals surface area contributed by atoms with Gasteiger partial charge in [-0.25, -0.2) is 4.39 Å². The number of piperidine rings is 1. The molecule has 2 aromatic carbocycles. The van der Waals surface area contributed by atoms with E-state index in [9.17, 15) is 9.18 Å². The molecule has 0 aliphatic carbocycles. The fourth-order valence-electron chi connectivity index (χ4n) is 4.30. The summed E-state index contributed by atoms with van der Waals surface area (Å²) >= 11 is 5.40. The number of para-hydroxylation sites is 1. The maximum absolute atomic E-state index is 13.4. The molecule has 0 atom stereocenters. The predicted molar refractivity (Wildman–Crippen MR) is 116 cm³/mol. The van der Waals surface area contributed by atoms with Crippen molar-refractivity contribution in [1.82, 2.24) is 19.6 Å². The highest BCUT2D eigenvalue weighted by molar-refractivity contribution is 7.71. The van der Waals surface area contributed by atoms with Gasteiger partial charge in [-0.2, -0.15) is 0 Å². The first-order chi connectivity index (χ1) is 14.6. The zero-order chi connectivity index (χ0) is 20.7. The van der Waals surface area contributed by atoms with Crippen LogP contribution < -0.4 is 5.56 Å². The second kappa shape index (κ2) is 7.77. The smallest absolute Gasteiger partial charge is 0.262 e. The van der Waals surface area contributed by atoms with E-state index in [1.807, 2.05) is 24.3 Å². The van der Waals surface area contributed by atoms with Gasteiger partial charge in [0.2, 0.25) is 0 Å². The Labute approximate surface area is 176 Å². The van der Waals surface area contributed by atoms with Crippen molar-refractivity contribution in [3.05, 3.63) is 69.1 Å². The van der Waals surface area contributed by atoms with Crippen molar-refractivity contribution in [3.63, 3.8) is 0 Å². The van der Waals surface area contributed by atoms with Crippen molar-refractivity contribution in [1.29, 1.82) is 0 Å². The van der Waals surface area contributed by atoms with Crippen LogP contribution in [0.3, 0.4) is 0 Å². The van der Waals surface area contributed by atoms with Crippen LogP contribution in [0.5, 0.6) is 0 Å². The molecule has 154 valence electrons. The molecule has 0 unspecified atom stereocenters. The summed E-state index contributed by atoms with van der Waals surface area (Å²) in [5, 5.41) is 5.75. The van der Waals surface area contributed by atoms with E-state index in [0.29, 0.717) is 28.2 Å². The van der Waals surface area contributed by atoms with E-state index in [0.717, 1.165) is 49.1 Å². The summed E-state index contributed by atoms with van der Waals surface area (Å²) in [5.74, 6) is -0.0264. The van der Waals surface area contributed by atoms with E-state index < -0.39 is 0 Å². The van der Waals surface area contributed by atoms with Crippen LogP contribution in [0.4, 0.5) is 4.39 Å². The van der Waals surface area contributed by atoms with Crippen LogP contribution >= 0.6 is 12.2 Å². The van der Waals surface area contributed by atoms with Gasteiger partial charge in [-0.15, -0.1) is 0 Å². The fraction of sp³-hybridized carbons (Fsp3) is 0.318. The Kier molecular flexibility index (Phi) is 4.96. The van der Waals surface area contributed by atoms with Crippen molar-refractivity contribution in [2.75, 3.05) is 19.6 Å². The number of fused-ring (bicyclic) bond motifs is 2. The molecule has 1 aliphatic heterocycles. The third-order valence-corrected chi connectivity index (χ3v) is 6.29. The average Bonchev–Trinajstić information content (AvgIpc) is 3.17. The van der Waals surface area contributed by atoms with Crippen molar-refractivity contribution in [2.24, 2.45) is 0 Å². The zero-order valence-electron chi connectivity index (χ0n) is 16.3. The third kappa shape index (κ3) is 3.46. The first-order valence-electron chi connectivity index (χ1n) is 10.1. The molecule has 0 amide bonds. The number of halogens is 1. The number of hydrogen-bond donors (Lipinski definition) is 1. The number of rotatable bonds is 4. The van der Waals surface area contributed by atoms with Gasteiger partial charge in [-0.1, -0.05) is 17.3 Å². The summed E-state index contributed by atoms with van der Waals surface area (Å²) in [6, 6.07) is 12.0. The minimum atomic E-state index is -0.317. The molecule has 6 nitrogen and oxygen atoms in total. The van der Waals surface area contributed by atoms with E-state index in [4.69, 9.17) is 16.7 Å². The van der Waals surface area contributed by atoms with Gasteiger partial charge in [-0.3, -0.25) is 9.36 Å². The highest BCUT2D eigenvalue weighted by Crippen LogP contribution is 2.32. The van der Waals surface area contributed by atoms with E-state index in [1.165, 1.54) is 12.1 Å². The van der Waals surface area contributed by atoms with Gasteiger partial charge in [0.15, 0.2) is 10.4 Å². The zero-order valence-corrected chi connectivity index (χ0v) is 17.1. The summed E-state index contributed by atoms with van der Waals surface area (Å²) in [6.07, 6.45) is 1.89. The number of nitrogens with one attached hydrogen (secondary N) is 1. The van der Waals surface area contributed by atoms with Crippen molar-refractivity contribution in [3.8, 4) is 0 Å². The van der Waals surface area contributed by atoms with Crippen LogP contribution in [0.15, 0.2) is 51.8 Å². The molecule has 0 radical (unpaired) electrons. The van der Waals surface area contributed by atoms with Crippen molar-refractivity contribution < 1.29 is 8.91 Å². The quantitative estimate of drug-likeness (QED) is 0.497. The molecule has 1 N–H and O–H groups in total. The van der Waals surface area contributed by atoms with E-state index in [-0.39, 0.29) is 11.4 Å². The third-order valence-electron chi connectivity index (χ3n) is 5.97. The number of nitrogens with zero attached hydrogens (tertiary/aromatic N) is 3. The fourth-order valence-corrected chi connectivity index (χ4v) is 4.58. The van der Waals surface area contributed by atoms with Crippen LogP contribution in [0.25, 0.3) is 21.9 Å². The maximum atomic E-state index is 13.4. The molecular formula is C22H21FN4O2S. The number of hydrogen-bond acceptors (Lipinski definition) is 5. The highest BCUT2D eigenvalue weighted by atomic mass is 32.1. The SMILES string of the molecule is O=c1c2ccccc2[nH]c(=S)n1CCN1CCC(c2noc3cc(F)ccc23)CC1. The lowest BCUT2D eigenvalue weighted by atomic mass is 9.91. The summed E-state index contributed by atoms with van der Waals surface area (Å²) in [7, 11) is 0. The molecular weight excluding hydrogens is 403 g/mol. The molecule has 2 aromatic heterocycles. The van der Waals surface area contributed by atoms with Crippen LogP contribution in [0, 0.1) is 10.6 Å². The van der Waals surface area contributed by atoms with Gasteiger partial charge in [-0.05, 0) is 62.4 Å². The van der Waals surface area contributed by atoms with Gasteiger partial charge in [0, 0.05) is 30.5 Å². The molecule has 0 bridgehead atoms. The van der Waals surface area contributed by atoms with Gasteiger partial charge >= 0.3 is 0 Å². The maximum Gasteiger partial charge on any atom is 0.262 e. The Morgan fingerprint density at radius 2 is 1.93 bits per heavy atom. The van der Waals surface area contributed by atoms with Gasteiger partial charge < -0.3 is 14.4 Å². The van der Waals surface area contributed by atoms with E-state index >= 15 is 0 Å². The number of benzene rings is 2. The average molecular weight is 425 g/mol. The second-order valence-electron chi connectivity index (χ2n) is 7.76. The monoisotopic (exact) mass is 424 g/mol. The van der Waals surface area contributed by atoms with Crippen molar-refractivity contribution in [2.45, 2.75) is 25.3 Å². The van der Waals surface area contributed by atoms with Gasteiger partial charge in [0.25, 0.3) is 5.56 Å². The minimum absolute atomic E-state index is 0.0504. The minimum Gasteiger partial charge on any atom is -0.356 e. The van der Waals surface area contributed by atoms with Crippen LogP contribution in [-0.4, -0.2) is 39.2 Å². The Bertz CT molecular complexity index is 1330. The Hall–Kier alpha value is -2.84. The topological polar surface area (TPSA) is 67.1 Å². The molecule has 3 heterocycles. The van der Waals surface area contributed by atoms with E-state index in [2.05, 4.69) is 15.0 Å². The second-order valence-corrected chi connectivity index (χ2v) is 8.14. The molecule has 1 fully saturated rings. The van der Waals surface area contributed by atoms with Crippen LogP contribution in [0.2, 0.25) is 0 Å². The normalized spacial score (nSPS) is 15.9. The Morgan fingerprint density at radius 1 is 1.13 bits per heavy atom. The largest absolute Gasteiger partial charge is 0.356 e. The lowest BCUT2D eigenvalue weighted by Gasteiger charge is -2.31. The lowest BCUT2D eigenvalue weighted by molar-refractivity contribution is 0.201. The standard InChI is InChI=1S/C22H21FN4O2S/c23-15-5-6-17-19(13-15)29-25-20(17)14-7-9-26(10-8-14)11-12-27-21(28)16-3-1-2-4-18(16)24-22(27)30/h1-6,13-14H,7-12H2,(H,24,30). The number of aromatic amines is 1. The van der Waals surface area contributed by atoms with E-state index in [1.54, 1.807) is 10.6 Å². The Balaban J connectivity index is 1.26. The summed E-state index contributed by atoms with van der Waals surface area (Å²) < 4.78 is 20.8. The number of aromatic nitrogens is 3. The summed E-state index contributed by atoms with van der Waals surface area (Å²) in [4.78, 5) is 18.3. The first-order valence-corrected chi connectivity index (χ1v) is 10.5. The van der Waals surface area contributed by atoms with Gasteiger partial charge in [0.05, 0.1) is 16.6 Å². The summed E-state index contributed by atoms with van der Waals surface area (Å²) in [6.45, 7) is 3.11. The molecule has 1 saturated heterocycles. The van der Waals surface area contributed by atoms with Crippen molar-refractivity contribution >= 4 is 34.1 Å². The van der Waals surface area contributed by atoms with Gasteiger partial charge in [0.1, 0.15) is 5.82 Å². The predicted octanol–water partition coefficient (Wildman–Crippen LogP) is 4.22. The van der Waals surface area contributed by atoms with Crippen LogP contribution in [-0.2, 0) is 6.54 Å². The molecule has 1 aliphatic rings. The lowest BCUT2D eigenvalue weighted by Crippen LogP contribution is -2.37. The molecule has 4 aromatic rings. The molecule has 0 spiro atoms. The highest BCUT2D eigenvalue weighted by Gasteiger charge is 2.25. The number of H-pyrrole nitrogens is 1. The molecule has 30 heavy (non-hydrogen) atoms. The number of likely N-dealkylation sites (tertiary alicyclic amines) is 1.